The van der Waals surface area contributed by atoms with E-state index in [1.165, 1.54) is 0 Å². The topological polar surface area (TPSA) is 54.4 Å². The highest BCUT2D eigenvalue weighted by molar-refractivity contribution is 7.17. The Morgan fingerprint density at radius 3 is 3.24 bits per heavy atom. The van der Waals surface area contributed by atoms with E-state index in [4.69, 9.17) is 4.74 Å². The summed E-state index contributed by atoms with van der Waals surface area (Å²) >= 11 is 1.67. The van der Waals surface area contributed by atoms with Crippen molar-refractivity contribution in [3.63, 3.8) is 0 Å². The number of nitrogens with zero attached hydrogens (tertiary/aromatic N) is 1. The number of fused-ring (bicyclic) bond motifs is 1. The van der Waals surface area contributed by atoms with Gasteiger partial charge in [0.25, 0.3) is 0 Å². The minimum atomic E-state index is -0.409. The Morgan fingerprint density at radius 1 is 1.53 bits per heavy atom. The van der Waals surface area contributed by atoms with Gasteiger partial charge in [0, 0.05) is 19.9 Å². The molecule has 0 radical (unpaired) electrons. The molecule has 0 aromatic carbocycles. The number of hydrogen-bond donors (Lipinski definition) is 2. The molecular weight excluding hydrogens is 236 g/mol. The summed E-state index contributed by atoms with van der Waals surface area (Å²) in [5.41, 5.74) is 2.09. The van der Waals surface area contributed by atoms with Crippen LogP contribution < -0.4 is 5.32 Å². The molecular formula is C12H16N2O2S. The second kappa shape index (κ2) is 5.95. The number of aliphatic hydroxyl groups is 1. The first kappa shape index (κ1) is 12.3. The van der Waals surface area contributed by atoms with Crippen LogP contribution in [-0.2, 0) is 4.74 Å². The van der Waals surface area contributed by atoms with Crippen molar-refractivity contribution in [3.05, 3.63) is 23.7 Å². The van der Waals surface area contributed by atoms with Gasteiger partial charge in [-0.25, -0.2) is 0 Å². The van der Waals surface area contributed by atoms with Gasteiger partial charge in [-0.15, -0.1) is 11.3 Å². The van der Waals surface area contributed by atoms with Crippen LogP contribution in [0, 0.1) is 0 Å². The quantitative estimate of drug-likeness (QED) is 0.826. The van der Waals surface area contributed by atoms with E-state index in [1.54, 1.807) is 24.6 Å². The fourth-order valence-electron chi connectivity index (χ4n) is 1.66. The number of methoxy groups -OCH3 is 1. The molecule has 0 saturated carbocycles. The molecule has 0 saturated heterocycles. The van der Waals surface area contributed by atoms with E-state index >= 15 is 0 Å². The number of aliphatic hydroxyl groups excluding tert-OH is 1. The van der Waals surface area contributed by atoms with Crippen molar-refractivity contribution in [2.45, 2.75) is 12.5 Å². The molecule has 0 aliphatic rings. The first-order valence-corrected chi connectivity index (χ1v) is 6.42. The Labute approximate surface area is 104 Å². The number of rotatable bonds is 6. The summed E-state index contributed by atoms with van der Waals surface area (Å²) in [5, 5.41) is 14.9. The number of thiophene rings is 1. The maximum atomic E-state index is 9.53. The van der Waals surface area contributed by atoms with Crippen molar-refractivity contribution in [3.8, 4) is 0 Å². The summed E-state index contributed by atoms with van der Waals surface area (Å²) in [6, 6.07) is 3.96. The van der Waals surface area contributed by atoms with Crippen LogP contribution in [-0.4, -0.2) is 36.5 Å². The van der Waals surface area contributed by atoms with Crippen LogP contribution in [0.2, 0.25) is 0 Å². The molecule has 2 N–H and O–H groups in total. The second-order valence-electron chi connectivity index (χ2n) is 3.82. The fourth-order valence-corrected chi connectivity index (χ4v) is 2.50. The molecule has 2 heterocycles. The Morgan fingerprint density at radius 2 is 2.41 bits per heavy atom. The molecule has 2 aromatic heterocycles. The largest absolute Gasteiger partial charge is 0.391 e. The van der Waals surface area contributed by atoms with Gasteiger partial charge in [-0.05, 0) is 23.9 Å². The Hall–Kier alpha value is -1.17. The fraction of sp³-hybridized carbons (Fsp3) is 0.417. The second-order valence-corrected chi connectivity index (χ2v) is 4.73. The summed E-state index contributed by atoms with van der Waals surface area (Å²) in [7, 11) is 1.59. The first-order chi connectivity index (χ1) is 8.31. The van der Waals surface area contributed by atoms with Crippen LogP contribution in [0.4, 0.5) is 5.69 Å². The van der Waals surface area contributed by atoms with Gasteiger partial charge in [-0.1, -0.05) is 0 Å². The van der Waals surface area contributed by atoms with E-state index in [9.17, 15) is 5.11 Å². The third kappa shape index (κ3) is 3.15. The zero-order chi connectivity index (χ0) is 12.1. The molecule has 17 heavy (non-hydrogen) atoms. The monoisotopic (exact) mass is 252 g/mol. The lowest BCUT2D eigenvalue weighted by Crippen LogP contribution is -2.18. The number of hydrogen-bond acceptors (Lipinski definition) is 5. The summed E-state index contributed by atoms with van der Waals surface area (Å²) in [6.45, 7) is 1.11. The molecule has 4 nitrogen and oxygen atoms in total. The average Bonchev–Trinajstić information content (AvgIpc) is 2.78. The first-order valence-electron chi connectivity index (χ1n) is 5.54. The number of nitrogens with one attached hydrogen (secondary N) is 1. The normalized spacial score (nSPS) is 12.8. The minimum absolute atomic E-state index is 0.381. The maximum Gasteiger partial charge on any atom is 0.0830 e. The Bertz CT molecular complexity index is 472. The molecule has 0 bridgehead atoms. The molecule has 92 valence electrons. The van der Waals surface area contributed by atoms with Gasteiger partial charge in [-0.3, -0.25) is 4.98 Å². The average molecular weight is 252 g/mol. The minimum Gasteiger partial charge on any atom is -0.391 e. The van der Waals surface area contributed by atoms with E-state index < -0.39 is 6.10 Å². The molecule has 2 aromatic rings. The molecule has 0 amide bonds. The van der Waals surface area contributed by atoms with Gasteiger partial charge in [0.15, 0.2) is 0 Å². The van der Waals surface area contributed by atoms with E-state index in [1.807, 2.05) is 17.5 Å². The number of aromatic nitrogens is 1. The van der Waals surface area contributed by atoms with Gasteiger partial charge < -0.3 is 15.2 Å². The molecule has 1 unspecified atom stereocenters. The highest BCUT2D eigenvalue weighted by Crippen LogP contribution is 2.26. The highest BCUT2D eigenvalue weighted by Gasteiger charge is 2.05. The van der Waals surface area contributed by atoms with Gasteiger partial charge in [-0.2, -0.15) is 0 Å². The molecule has 0 aliphatic heterocycles. The van der Waals surface area contributed by atoms with Crippen LogP contribution in [0.3, 0.4) is 0 Å². The van der Waals surface area contributed by atoms with Crippen molar-refractivity contribution in [1.82, 2.24) is 4.98 Å². The van der Waals surface area contributed by atoms with Crippen molar-refractivity contribution >= 4 is 27.2 Å². The lowest BCUT2D eigenvalue weighted by atomic mass is 10.2. The van der Waals surface area contributed by atoms with E-state index in [-0.39, 0.29) is 0 Å². The van der Waals surface area contributed by atoms with Gasteiger partial charge >= 0.3 is 0 Å². The zero-order valence-corrected chi connectivity index (χ0v) is 10.5. The van der Waals surface area contributed by atoms with Crippen LogP contribution in [0.5, 0.6) is 0 Å². The summed E-state index contributed by atoms with van der Waals surface area (Å²) < 4.78 is 6.04. The van der Waals surface area contributed by atoms with E-state index in [0.29, 0.717) is 13.0 Å². The van der Waals surface area contributed by atoms with Crippen molar-refractivity contribution in [2.24, 2.45) is 0 Å². The van der Waals surface area contributed by atoms with Gasteiger partial charge in [0.05, 0.1) is 28.6 Å². The Kier molecular flexibility index (Phi) is 4.30. The molecule has 5 heteroatoms. The highest BCUT2D eigenvalue weighted by atomic mass is 32.1. The molecule has 0 aliphatic carbocycles. The summed E-state index contributed by atoms with van der Waals surface area (Å²) in [5.74, 6) is 0. The predicted octanol–water partition coefficient (Wildman–Crippen LogP) is 2.11. The van der Waals surface area contributed by atoms with Gasteiger partial charge in [0.2, 0.25) is 0 Å². The summed E-state index contributed by atoms with van der Waals surface area (Å²) in [6.07, 6.45) is 2.06. The van der Waals surface area contributed by atoms with Crippen LogP contribution >= 0.6 is 11.3 Å². The lowest BCUT2D eigenvalue weighted by Gasteiger charge is -2.11. The third-order valence-corrected chi connectivity index (χ3v) is 3.43. The number of ether oxygens (including phenoxy) is 1. The third-order valence-electron chi connectivity index (χ3n) is 2.50. The molecule has 0 spiro atoms. The standard InChI is InChI=1S/C12H16N2O2S/c1-16-8-9(15)2-5-13-10-3-6-14-11-4-7-17-12(10)11/h3-4,6-7,9,15H,2,5,8H2,1H3,(H,13,14). The van der Waals surface area contributed by atoms with Crippen molar-refractivity contribution in [2.75, 3.05) is 25.6 Å². The number of anilines is 1. The number of pyridine rings is 1. The SMILES string of the molecule is COCC(O)CCNc1ccnc2ccsc12. The van der Waals surface area contributed by atoms with E-state index in [0.717, 1.165) is 22.4 Å². The van der Waals surface area contributed by atoms with Crippen molar-refractivity contribution in [1.29, 1.82) is 0 Å². The smallest absolute Gasteiger partial charge is 0.0830 e. The van der Waals surface area contributed by atoms with Crippen molar-refractivity contribution < 1.29 is 9.84 Å². The zero-order valence-electron chi connectivity index (χ0n) is 9.72. The van der Waals surface area contributed by atoms with Gasteiger partial charge in [0.1, 0.15) is 0 Å². The molecule has 2 rings (SSSR count). The maximum absolute atomic E-state index is 9.53. The lowest BCUT2D eigenvalue weighted by molar-refractivity contribution is 0.0615. The van der Waals surface area contributed by atoms with E-state index in [2.05, 4.69) is 10.3 Å². The molecule has 1 atom stereocenters. The summed E-state index contributed by atoms with van der Waals surface area (Å²) in [4.78, 5) is 4.28. The van der Waals surface area contributed by atoms with Crippen LogP contribution in [0.25, 0.3) is 10.2 Å². The predicted molar refractivity (Wildman–Crippen MR) is 70.6 cm³/mol. The molecule has 0 fully saturated rings. The van der Waals surface area contributed by atoms with Crippen LogP contribution in [0.15, 0.2) is 23.7 Å². The van der Waals surface area contributed by atoms with Crippen LogP contribution in [0.1, 0.15) is 6.42 Å². The Balaban J connectivity index is 1.92.